The van der Waals surface area contributed by atoms with Crippen molar-refractivity contribution in [3.8, 4) is 0 Å². The Morgan fingerprint density at radius 1 is 1.50 bits per heavy atom. The van der Waals surface area contributed by atoms with Gasteiger partial charge in [0.2, 0.25) is 0 Å². The van der Waals surface area contributed by atoms with Crippen LogP contribution in [0.1, 0.15) is 5.56 Å². The van der Waals surface area contributed by atoms with Crippen LogP contribution in [-0.2, 0) is 14.3 Å². The largest absolute Gasteiger partial charge is 0.462 e. The maximum Gasteiger partial charge on any atom is 0.396 e. The molecule has 0 saturated carbocycles. The van der Waals surface area contributed by atoms with Crippen LogP contribution in [0.5, 0.6) is 0 Å². The Hall–Kier alpha value is -1.91. The van der Waals surface area contributed by atoms with Gasteiger partial charge in [0.25, 0.3) is 0 Å². The Balaban J connectivity index is 2.75. The lowest BCUT2D eigenvalue weighted by atomic mass is 10.2. The Kier molecular flexibility index (Phi) is 3.17. The molecule has 1 N–H and O–H groups in total. The number of amides is 1. The summed E-state index contributed by atoms with van der Waals surface area (Å²) in [6, 6.07) is 1.73. The number of aromatic nitrogens is 1. The summed E-state index contributed by atoms with van der Waals surface area (Å²) in [4.78, 5) is 25.7. The van der Waals surface area contributed by atoms with E-state index in [1.807, 2.05) is 0 Å². The number of methoxy groups -OCH3 is 1. The molecule has 0 aromatic carbocycles. The molecule has 0 aliphatic carbocycles. The Bertz CT molecular complexity index is 363. The average molecular weight is 194 g/mol. The molecule has 1 aromatic rings. The number of esters is 1. The van der Waals surface area contributed by atoms with E-state index in [1.54, 1.807) is 19.2 Å². The highest BCUT2D eigenvalue weighted by molar-refractivity contribution is 6.37. The van der Waals surface area contributed by atoms with Crippen LogP contribution in [0.4, 0.5) is 5.69 Å². The highest BCUT2D eigenvalue weighted by Gasteiger charge is 2.14. The van der Waals surface area contributed by atoms with Gasteiger partial charge in [-0.15, -0.1) is 0 Å². The van der Waals surface area contributed by atoms with E-state index in [4.69, 9.17) is 0 Å². The summed E-state index contributed by atoms with van der Waals surface area (Å²) in [5, 5.41) is 2.38. The monoisotopic (exact) mass is 194 g/mol. The summed E-state index contributed by atoms with van der Waals surface area (Å²) in [6.07, 6.45) is 3.07. The zero-order valence-corrected chi connectivity index (χ0v) is 7.90. The Morgan fingerprint density at radius 2 is 2.21 bits per heavy atom. The van der Waals surface area contributed by atoms with Crippen LogP contribution in [-0.4, -0.2) is 24.0 Å². The van der Waals surface area contributed by atoms with E-state index in [9.17, 15) is 9.59 Å². The normalized spacial score (nSPS) is 9.29. The van der Waals surface area contributed by atoms with Crippen LogP contribution in [0.3, 0.4) is 0 Å². The Labute approximate surface area is 81.1 Å². The fourth-order valence-electron chi connectivity index (χ4n) is 0.861. The second-order valence-electron chi connectivity index (χ2n) is 2.64. The molecule has 0 radical (unpaired) electrons. The van der Waals surface area contributed by atoms with Crippen LogP contribution in [0.15, 0.2) is 18.5 Å². The molecule has 5 nitrogen and oxygen atoms in total. The third kappa shape index (κ3) is 2.29. The third-order valence-corrected chi connectivity index (χ3v) is 1.66. The minimum atomic E-state index is -0.923. The maximum atomic E-state index is 11.1. The smallest absolute Gasteiger partial charge is 0.396 e. The number of hydrogen-bond acceptors (Lipinski definition) is 4. The van der Waals surface area contributed by atoms with Crippen molar-refractivity contribution in [3.05, 3.63) is 24.0 Å². The van der Waals surface area contributed by atoms with E-state index in [-0.39, 0.29) is 0 Å². The number of carbonyl (C=O) groups excluding carboxylic acids is 2. The highest BCUT2D eigenvalue weighted by Crippen LogP contribution is 2.10. The second kappa shape index (κ2) is 4.36. The topological polar surface area (TPSA) is 68.3 Å². The van der Waals surface area contributed by atoms with Gasteiger partial charge in [0, 0.05) is 6.20 Å². The van der Waals surface area contributed by atoms with Crippen LogP contribution in [0.25, 0.3) is 0 Å². The fourth-order valence-corrected chi connectivity index (χ4v) is 0.861. The first-order valence-corrected chi connectivity index (χ1v) is 3.95. The molecule has 0 spiro atoms. The third-order valence-electron chi connectivity index (χ3n) is 1.66. The van der Waals surface area contributed by atoms with E-state index < -0.39 is 11.9 Å². The van der Waals surface area contributed by atoms with Gasteiger partial charge in [-0.1, -0.05) is 0 Å². The molecule has 1 aromatic heterocycles. The zero-order chi connectivity index (χ0) is 10.6. The van der Waals surface area contributed by atoms with E-state index in [0.29, 0.717) is 5.69 Å². The predicted molar refractivity (Wildman–Crippen MR) is 49.6 cm³/mol. The summed E-state index contributed by atoms with van der Waals surface area (Å²) in [7, 11) is 1.15. The number of hydrogen-bond donors (Lipinski definition) is 1. The van der Waals surface area contributed by atoms with Crippen molar-refractivity contribution >= 4 is 17.6 Å². The lowest BCUT2D eigenvalue weighted by molar-refractivity contribution is -0.150. The van der Waals surface area contributed by atoms with Gasteiger partial charge in [0.05, 0.1) is 19.0 Å². The van der Waals surface area contributed by atoms with Crippen LogP contribution < -0.4 is 5.32 Å². The first kappa shape index (κ1) is 10.2. The summed E-state index contributed by atoms with van der Waals surface area (Å²) in [5.74, 6) is -1.73. The van der Waals surface area contributed by atoms with Crippen molar-refractivity contribution in [1.82, 2.24) is 4.98 Å². The number of carbonyl (C=O) groups is 2. The number of pyridine rings is 1. The molecule has 0 bridgehead atoms. The SMILES string of the molecule is COC(=O)C(=O)Nc1cnccc1C. The van der Waals surface area contributed by atoms with Gasteiger partial charge < -0.3 is 10.1 Å². The van der Waals surface area contributed by atoms with Crippen LogP contribution in [0.2, 0.25) is 0 Å². The molecule has 0 aliphatic rings. The highest BCUT2D eigenvalue weighted by atomic mass is 16.5. The molecule has 0 saturated heterocycles. The molecular weight excluding hydrogens is 184 g/mol. The van der Waals surface area contributed by atoms with Crippen molar-refractivity contribution in [2.45, 2.75) is 6.92 Å². The summed E-state index contributed by atoms with van der Waals surface area (Å²) in [6.45, 7) is 1.80. The number of anilines is 1. The molecule has 1 rings (SSSR count). The first-order chi connectivity index (χ1) is 6.65. The minimum absolute atomic E-state index is 0.503. The molecule has 1 heterocycles. The quantitative estimate of drug-likeness (QED) is 0.522. The van der Waals surface area contributed by atoms with Crippen LogP contribution >= 0.6 is 0 Å². The van der Waals surface area contributed by atoms with Gasteiger partial charge in [-0.3, -0.25) is 9.78 Å². The molecule has 1 amide bonds. The van der Waals surface area contributed by atoms with Crippen molar-refractivity contribution in [2.75, 3.05) is 12.4 Å². The van der Waals surface area contributed by atoms with E-state index >= 15 is 0 Å². The number of nitrogens with one attached hydrogen (secondary N) is 1. The van der Waals surface area contributed by atoms with Gasteiger partial charge in [0.1, 0.15) is 0 Å². The van der Waals surface area contributed by atoms with Gasteiger partial charge in [0.15, 0.2) is 0 Å². The lowest BCUT2D eigenvalue weighted by Gasteiger charge is -2.05. The van der Waals surface area contributed by atoms with Gasteiger partial charge in [-0.2, -0.15) is 0 Å². The molecule has 0 fully saturated rings. The molecular formula is C9H10N2O3. The Morgan fingerprint density at radius 3 is 2.79 bits per heavy atom. The number of nitrogens with zero attached hydrogens (tertiary/aromatic N) is 1. The zero-order valence-electron chi connectivity index (χ0n) is 7.90. The maximum absolute atomic E-state index is 11.1. The predicted octanol–water partition coefficient (Wildman–Crippen LogP) is 0.502. The molecule has 0 atom stereocenters. The first-order valence-electron chi connectivity index (χ1n) is 3.95. The van der Waals surface area contributed by atoms with Gasteiger partial charge in [-0.05, 0) is 18.6 Å². The minimum Gasteiger partial charge on any atom is -0.462 e. The van der Waals surface area contributed by atoms with E-state index in [0.717, 1.165) is 12.7 Å². The second-order valence-corrected chi connectivity index (χ2v) is 2.64. The van der Waals surface area contributed by atoms with Crippen molar-refractivity contribution < 1.29 is 14.3 Å². The van der Waals surface area contributed by atoms with Gasteiger partial charge in [-0.25, -0.2) is 4.79 Å². The number of aryl methyl sites for hydroxylation is 1. The summed E-state index contributed by atoms with van der Waals surface area (Å²) in [5.41, 5.74) is 1.33. The standard InChI is InChI=1S/C9H10N2O3/c1-6-3-4-10-5-7(6)11-8(12)9(13)14-2/h3-5H,1-2H3,(H,11,12). The molecule has 0 unspecified atom stereocenters. The summed E-state index contributed by atoms with van der Waals surface area (Å²) < 4.78 is 4.25. The number of ether oxygens (including phenoxy) is 1. The van der Waals surface area contributed by atoms with Gasteiger partial charge >= 0.3 is 11.9 Å². The van der Waals surface area contributed by atoms with E-state index in [1.165, 1.54) is 6.20 Å². The van der Waals surface area contributed by atoms with Crippen molar-refractivity contribution in [2.24, 2.45) is 0 Å². The lowest BCUT2D eigenvalue weighted by Crippen LogP contribution is -2.24. The molecule has 5 heteroatoms. The molecule has 14 heavy (non-hydrogen) atoms. The van der Waals surface area contributed by atoms with Crippen LogP contribution in [0, 0.1) is 6.92 Å². The average Bonchev–Trinajstić information content (AvgIpc) is 2.20. The fraction of sp³-hybridized carbons (Fsp3) is 0.222. The summed E-state index contributed by atoms with van der Waals surface area (Å²) >= 11 is 0. The van der Waals surface area contributed by atoms with Crippen molar-refractivity contribution in [1.29, 1.82) is 0 Å². The van der Waals surface area contributed by atoms with Crippen molar-refractivity contribution in [3.63, 3.8) is 0 Å². The molecule has 74 valence electrons. The number of rotatable bonds is 1. The molecule has 0 aliphatic heterocycles. The van der Waals surface area contributed by atoms with E-state index in [2.05, 4.69) is 15.0 Å².